The molecule has 1 nitrogen and oxygen atoms in total. The summed E-state index contributed by atoms with van der Waals surface area (Å²) in [5, 5.41) is 0. The van der Waals surface area contributed by atoms with E-state index in [1.54, 1.807) is 24.0 Å². The first-order valence-corrected chi connectivity index (χ1v) is 8.02. The Hall–Kier alpha value is 0.178. The van der Waals surface area contributed by atoms with Crippen molar-refractivity contribution in [2.24, 2.45) is 0 Å². The Morgan fingerprint density at radius 2 is 1.82 bits per heavy atom. The molecular formula is C13H13AsBr2O. The molecule has 0 saturated heterocycles. The maximum atomic E-state index is 5.72. The van der Waals surface area contributed by atoms with Crippen LogP contribution in [0.4, 0.5) is 0 Å². The Kier molecular flexibility index (Phi) is 4.35. The third-order valence-electron chi connectivity index (χ3n) is 2.84. The van der Waals surface area contributed by atoms with Crippen molar-refractivity contribution in [3.8, 4) is 0 Å². The standard InChI is InChI=1S/C13H13AsBr2O/c1-17-13(14)8-11(16)6-7-12(13)9-2-4-10(15)5-3-9/h2-7H,8,14H2,1H3. The predicted octanol–water partition coefficient (Wildman–Crippen LogP) is 3.49. The Morgan fingerprint density at radius 1 is 1.18 bits per heavy atom. The van der Waals surface area contributed by atoms with Gasteiger partial charge in [0.2, 0.25) is 0 Å². The van der Waals surface area contributed by atoms with Crippen molar-refractivity contribution in [2.75, 3.05) is 7.11 Å². The molecule has 2 unspecified atom stereocenters. The van der Waals surface area contributed by atoms with Crippen LogP contribution < -0.4 is 0 Å². The molecule has 0 spiro atoms. The van der Waals surface area contributed by atoms with Crippen LogP contribution in [-0.4, -0.2) is 28.4 Å². The molecule has 0 fully saturated rings. The third-order valence-corrected chi connectivity index (χ3v) is 5.49. The molecule has 1 aromatic carbocycles. The van der Waals surface area contributed by atoms with Crippen molar-refractivity contribution in [1.29, 1.82) is 0 Å². The fourth-order valence-corrected chi connectivity index (χ4v) is 4.32. The van der Waals surface area contributed by atoms with Crippen molar-refractivity contribution in [2.45, 2.75) is 10.8 Å². The monoisotopic (exact) mass is 418 g/mol. The number of methoxy groups -OCH3 is 1. The molecule has 4 heteroatoms. The van der Waals surface area contributed by atoms with Crippen LogP contribution >= 0.6 is 31.9 Å². The third kappa shape index (κ3) is 2.95. The molecule has 0 bridgehead atoms. The molecule has 2 rings (SSSR count). The number of rotatable bonds is 2. The molecule has 0 saturated carbocycles. The second-order valence-corrected chi connectivity index (χ2v) is 7.86. The van der Waals surface area contributed by atoms with Crippen molar-refractivity contribution < 1.29 is 4.74 Å². The number of halogens is 2. The quantitative estimate of drug-likeness (QED) is 0.667. The molecule has 0 aliphatic heterocycles. The van der Waals surface area contributed by atoms with Crippen molar-refractivity contribution in [1.82, 2.24) is 0 Å². The fourth-order valence-electron chi connectivity index (χ4n) is 1.87. The van der Waals surface area contributed by atoms with E-state index in [2.05, 4.69) is 68.3 Å². The minimum atomic E-state index is -0.200. The number of hydrogen-bond donors (Lipinski definition) is 0. The fraction of sp³-hybridized carbons (Fsp3) is 0.231. The van der Waals surface area contributed by atoms with Crippen LogP contribution in [-0.2, 0) is 4.74 Å². The van der Waals surface area contributed by atoms with E-state index in [9.17, 15) is 0 Å². The number of benzene rings is 1. The summed E-state index contributed by atoms with van der Waals surface area (Å²) in [6.45, 7) is 0. The number of allylic oxidation sites excluding steroid dienone is 2. The van der Waals surface area contributed by atoms with Gasteiger partial charge < -0.3 is 0 Å². The number of ether oxygens (including phenoxy) is 1. The molecule has 90 valence electrons. The summed E-state index contributed by atoms with van der Waals surface area (Å²) in [6.07, 6.45) is 5.14. The first kappa shape index (κ1) is 13.6. The van der Waals surface area contributed by atoms with Crippen molar-refractivity contribution >= 4 is 54.3 Å². The average Bonchev–Trinajstić information content (AvgIpc) is 2.31. The molecule has 1 aliphatic carbocycles. The van der Waals surface area contributed by atoms with Gasteiger partial charge in [-0.15, -0.1) is 0 Å². The second-order valence-electron chi connectivity index (χ2n) is 3.97. The molecule has 0 amide bonds. The van der Waals surface area contributed by atoms with E-state index in [0.717, 1.165) is 10.9 Å². The van der Waals surface area contributed by atoms with Gasteiger partial charge in [0, 0.05) is 0 Å². The zero-order valence-electron chi connectivity index (χ0n) is 9.41. The summed E-state index contributed by atoms with van der Waals surface area (Å²) in [5.41, 5.74) is 2.46. The topological polar surface area (TPSA) is 9.23 Å². The van der Waals surface area contributed by atoms with E-state index >= 15 is 0 Å². The van der Waals surface area contributed by atoms with Crippen LogP contribution in [0.15, 0.2) is 45.4 Å². The van der Waals surface area contributed by atoms with Gasteiger partial charge in [-0.1, -0.05) is 0 Å². The molecule has 0 heterocycles. The van der Waals surface area contributed by atoms with Gasteiger partial charge in [0.15, 0.2) is 0 Å². The molecule has 0 aromatic heterocycles. The van der Waals surface area contributed by atoms with Gasteiger partial charge in [0.1, 0.15) is 0 Å². The van der Waals surface area contributed by atoms with Gasteiger partial charge in [0.05, 0.1) is 0 Å². The molecular weight excluding hydrogens is 407 g/mol. The normalized spacial score (nSPS) is 24.2. The first-order valence-electron chi connectivity index (χ1n) is 5.22. The van der Waals surface area contributed by atoms with Gasteiger partial charge >= 0.3 is 128 Å². The Labute approximate surface area is 127 Å². The maximum absolute atomic E-state index is 5.72. The average molecular weight is 420 g/mol. The van der Waals surface area contributed by atoms with Gasteiger partial charge in [0.25, 0.3) is 0 Å². The molecule has 1 aromatic rings. The van der Waals surface area contributed by atoms with E-state index in [1.807, 2.05) is 0 Å². The van der Waals surface area contributed by atoms with Crippen molar-refractivity contribution in [3.05, 3.63) is 50.9 Å². The van der Waals surface area contributed by atoms with E-state index in [4.69, 9.17) is 4.74 Å². The van der Waals surface area contributed by atoms with Gasteiger partial charge in [-0.2, -0.15) is 0 Å². The van der Waals surface area contributed by atoms with Crippen LogP contribution in [0.2, 0.25) is 0 Å². The molecule has 0 radical (unpaired) electrons. The summed E-state index contributed by atoms with van der Waals surface area (Å²) in [7, 11) is 1.78. The van der Waals surface area contributed by atoms with Gasteiger partial charge in [-0.05, 0) is 0 Å². The first-order chi connectivity index (χ1) is 8.05. The van der Waals surface area contributed by atoms with E-state index < -0.39 is 0 Å². The van der Waals surface area contributed by atoms with Crippen LogP contribution in [0.5, 0.6) is 0 Å². The second kappa shape index (κ2) is 5.44. The molecule has 17 heavy (non-hydrogen) atoms. The van der Waals surface area contributed by atoms with Crippen LogP contribution in [0, 0.1) is 0 Å². The van der Waals surface area contributed by atoms with E-state index in [1.165, 1.54) is 15.6 Å². The molecule has 1 aliphatic rings. The molecule has 0 N–H and O–H groups in total. The summed E-state index contributed by atoms with van der Waals surface area (Å²) >= 11 is 8.61. The van der Waals surface area contributed by atoms with Crippen molar-refractivity contribution in [3.63, 3.8) is 0 Å². The van der Waals surface area contributed by atoms with E-state index in [0.29, 0.717) is 0 Å². The Balaban J connectivity index is 2.45. The summed E-state index contributed by atoms with van der Waals surface area (Å²) < 4.78 is 7.80. The SMILES string of the molecule is COC1([AsH2])CC(Br)=CC=C1c1ccc(Br)cc1. The minimum absolute atomic E-state index is 0.200. The summed E-state index contributed by atoms with van der Waals surface area (Å²) in [5.74, 6) is 0. The molecule has 2 atom stereocenters. The van der Waals surface area contributed by atoms with E-state index in [-0.39, 0.29) is 4.39 Å². The number of hydrogen-bond acceptors (Lipinski definition) is 1. The summed E-state index contributed by atoms with van der Waals surface area (Å²) in [4.78, 5) is 0. The van der Waals surface area contributed by atoms with Crippen LogP contribution in [0.3, 0.4) is 0 Å². The Morgan fingerprint density at radius 3 is 2.41 bits per heavy atom. The zero-order chi connectivity index (χ0) is 12.5. The zero-order valence-corrected chi connectivity index (χ0v) is 15.0. The van der Waals surface area contributed by atoms with Crippen LogP contribution in [0.25, 0.3) is 5.57 Å². The Bertz CT molecular complexity index is 479. The predicted molar refractivity (Wildman–Crippen MR) is 82.0 cm³/mol. The van der Waals surface area contributed by atoms with Crippen LogP contribution in [0.1, 0.15) is 12.0 Å². The van der Waals surface area contributed by atoms with Gasteiger partial charge in [-0.3, -0.25) is 0 Å². The van der Waals surface area contributed by atoms with Gasteiger partial charge in [-0.25, -0.2) is 0 Å². The summed E-state index contributed by atoms with van der Waals surface area (Å²) in [6, 6.07) is 8.37.